The number of nitrogens with one attached hydrogen (secondary N) is 2. The van der Waals surface area contributed by atoms with Crippen molar-refractivity contribution in [2.24, 2.45) is 5.73 Å². The third-order valence-electron chi connectivity index (χ3n) is 5.01. The van der Waals surface area contributed by atoms with Crippen LogP contribution in [0, 0.1) is 12.3 Å². The zero-order chi connectivity index (χ0) is 20.7. The highest BCUT2D eigenvalue weighted by Crippen LogP contribution is 2.48. The Morgan fingerprint density at radius 1 is 1.45 bits per heavy atom. The van der Waals surface area contributed by atoms with E-state index in [4.69, 9.17) is 15.9 Å². The van der Waals surface area contributed by atoms with Gasteiger partial charge in [0.25, 0.3) is 5.91 Å². The van der Waals surface area contributed by atoms with Gasteiger partial charge in [0.15, 0.2) is 5.06 Å². The number of aryl methyl sites for hydroxylation is 1. The minimum absolute atomic E-state index is 0.159. The van der Waals surface area contributed by atoms with E-state index >= 15 is 0 Å². The maximum absolute atomic E-state index is 12.2. The van der Waals surface area contributed by atoms with Crippen LogP contribution in [0.2, 0.25) is 0 Å². The summed E-state index contributed by atoms with van der Waals surface area (Å²) in [5.41, 5.74) is 10.3. The predicted molar refractivity (Wildman–Crippen MR) is 120 cm³/mol. The van der Waals surface area contributed by atoms with E-state index in [0.29, 0.717) is 27.9 Å². The van der Waals surface area contributed by atoms with Gasteiger partial charge >= 0.3 is 0 Å². The Morgan fingerprint density at radius 2 is 2.21 bits per heavy atom. The Hall–Kier alpha value is -2.58. The van der Waals surface area contributed by atoms with Gasteiger partial charge in [0.1, 0.15) is 11.4 Å². The highest BCUT2D eigenvalue weighted by molar-refractivity contribution is 7.90. The molecule has 0 atom stereocenters. The smallest absolute Gasteiger partial charge is 0.270 e. The highest BCUT2D eigenvalue weighted by atomic mass is 32.1. The van der Waals surface area contributed by atoms with Crippen molar-refractivity contribution in [2.75, 3.05) is 0 Å². The van der Waals surface area contributed by atoms with Crippen molar-refractivity contribution in [3.63, 3.8) is 0 Å². The lowest BCUT2D eigenvalue weighted by molar-refractivity contribution is 0.0946. The Bertz CT molecular complexity index is 1070. The summed E-state index contributed by atoms with van der Waals surface area (Å²) < 4.78 is 6.20. The van der Waals surface area contributed by atoms with Crippen LogP contribution in [0.5, 0.6) is 10.8 Å². The zero-order valence-electron chi connectivity index (χ0n) is 16.0. The van der Waals surface area contributed by atoms with Crippen molar-refractivity contribution in [1.29, 1.82) is 5.41 Å². The SMILES string of the molecule is C=C(N)c1sc(Oc2ccc(C(=O)NC3CC3)nc2C)c2c1CCC(C=N)=C2S. The fraction of sp³-hybridized carbons (Fsp3) is 0.286. The molecule has 1 saturated carbocycles. The molecule has 150 valence electrons. The fourth-order valence-corrected chi connectivity index (χ4v) is 4.89. The molecule has 0 aliphatic heterocycles. The van der Waals surface area contributed by atoms with Gasteiger partial charge in [0.2, 0.25) is 0 Å². The predicted octanol–water partition coefficient (Wildman–Crippen LogP) is 4.30. The average Bonchev–Trinajstić information content (AvgIpc) is 3.42. The second-order valence-corrected chi connectivity index (χ2v) is 8.68. The van der Waals surface area contributed by atoms with Gasteiger partial charge in [0.05, 0.1) is 10.6 Å². The topological polar surface area (TPSA) is 101 Å². The van der Waals surface area contributed by atoms with Gasteiger partial charge in [-0.05, 0) is 55.9 Å². The summed E-state index contributed by atoms with van der Waals surface area (Å²) >= 11 is 6.07. The van der Waals surface area contributed by atoms with E-state index < -0.39 is 0 Å². The van der Waals surface area contributed by atoms with Crippen molar-refractivity contribution in [3.05, 3.63) is 51.7 Å². The Labute approximate surface area is 178 Å². The molecule has 0 aromatic carbocycles. The molecule has 4 N–H and O–H groups in total. The molecule has 0 saturated heterocycles. The van der Waals surface area contributed by atoms with Gasteiger partial charge in [0, 0.05) is 28.4 Å². The molecule has 2 heterocycles. The lowest BCUT2D eigenvalue weighted by Crippen LogP contribution is -2.26. The molecule has 0 spiro atoms. The Morgan fingerprint density at radius 3 is 2.83 bits per heavy atom. The van der Waals surface area contributed by atoms with E-state index in [1.807, 2.05) is 6.92 Å². The first kappa shape index (κ1) is 19.7. The molecule has 0 bridgehead atoms. The number of allylic oxidation sites excluding steroid dienone is 1. The first-order valence-corrected chi connectivity index (χ1v) is 10.6. The molecule has 29 heavy (non-hydrogen) atoms. The van der Waals surface area contributed by atoms with Crippen LogP contribution in [-0.4, -0.2) is 23.1 Å². The molecular weight excluding hydrogens is 404 g/mol. The van der Waals surface area contributed by atoms with E-state index in [-0.39, 0.29) is 11.9 Å². The van der Waals surface area contributed by atoms with Crippen LogP contribution < -0.4 is 15.8 Å². The number of thiophene rings is 1. The lowest BCUT2D eigenvalue weighted by Gasteiger charge is -2.17. The standard InChI is InChI=1S/C21H22N4O2S2/c1-10(23)19-14-6-3-12(9-22)18(28)17(14)21(29-19)27-16-8-7-15(24-11(16)2)20(26)25-13-4-5-13/h7-9,13,22,28H,1,3-6,23H2,2H3,(H,25,26). The number of amides is 1. The number of pyridine rings is 1. The molecule has 2 aliphatic carbocycles. The van der Waals surface area contributed by atoms with Crippen molar-refractivity contribution in [1.82, 2.24) is 10.3 Å². The fourth-order valence-electron chi connectivity index (χ4n) is 3.30. The van der Waals surface area contributed by atoms with E-state index in [1.165, 1.54) is 17.6 Å². The monoisotopic (exact) mass is 426 g/mol. The Kier molecular flexibility index (Phi) is 5.23. The van der Waals surface area contributed by atoms with E-state index in [0.717, 1.165) is 52.2 Å². The molecule has 0 unspecified atom stereocenters. The number of aromatic nitrogens is 1. The molecule has 2 aliphatic rings. The van der Waals surface area contributed by atoms with Gasteiger partial charge < -0.3 is 21.2 Å². The second-order valence-electron chi connectivity index (χ2n) is 7.25. The quantitative estimate of drug-likeness (QED) is 0.409. The van der Waals surface area contributed by atoms with Crippen molar-refractivity contribution in [3.8, 4) is 10.8 Å². The molecular formula is C21H22N4O2S2. The molecule has 8 heteroatoms. The number of rotatable bonds is 6. The third kappa shape index (κ3) is 3.82. The molecule has 2 aromatic rings. The number of nitrogens with zero attached hydrogens (tertiary/aromatic N) is 1. The largest absolute Gasteiger partial charge is 0.444 e. The summed E-state index contributed by atoms with van der Waals surface area (Å²) in [6.45, 7) is 5.70. The maximum Gasteiger partial charge on any atom is 0.270 e. The van der Waals surface area contributed by atoms with Crippen LogP contribution in [0.3, 0.4) is 0 Å². The Balaban J connectivity index is 1.68. The highest BCUT2D eigenvalue weighted by Gasteiger charge is 2.28. The summed E-state index contributed by atoms with van der Waals surface area (Å²) in [6.07, 6.45) is 4.89. The lowest BCUT2D eigenvalue weighted by atomic mass is 9.93. The number of nitrogens with two attached hydrogens (primary N) is 1. The van der Waals surface area contributed by atoms with Gasteiger partial charge in [-0.25, -0.2) is 4.98 Å². The molecule has 1 fully saturated rings. The van der Waals surface area contributed by atoms with Crippen LogP contribution in [0.4, 0.5) is 0 Å². The second kappa shape index (κ2) is 7.68. The summed E-state index contributed by atoms with van der Waals surface area (Å²) in [5.74, 6) is 0.405. The summed E-state index contributed by atoms with van der Waals surface area (Å²) in [7, 11) is 0. The number of hydrogen-bond acceptors (Lipinski definition) is 7. The normalized spacial score (nSPS) is 15.7. The number of fused-ring (bicyclic) bond motifs is 1. The van der Waals surface area contributed by atoms with Crippen molar-refractivity contribution in [2.45, 2.75) is 38.6 Å². The van der Waals surface area contributed by atoms with Gasteiger partial charge in [-0.3, -0.25) is 4.79 Å². The minimum Gasteiger partial charge on any atom is -0.444 e. The first-order valence-electron chi connectivity index (χ1n) is 9.38. The van der Waals surface area contributed by atoms with E-state index in [9.17, 15) is 4.79 Å². The zero-order valence-corrected chi connectivity index (χ0v) is 17.8. The number of carbonyl (C=O) groups is 1. The van der Waals surface area contributed by atoms with Crippen LogP contribution in [0.1, 0.15) is 51.4 Å². The minimum atomic E-state index is -0.159. The van der Waals surface area contributed by atoms with E-state index in [1.54, 1.807) is 12.1 Å². The van der Waals surface area contributed by atoms with Gasteiger partial charge in [-0.15, -0.1) is 12.6 Å². The average molecular weight is 427 g/mol. The number of thiol groups is 1. The molecule has 6 nitrogen and oxygen atoms in total. The van der Waals surface area contributed by atoms with Crippen LogP contribution in [0.15, 0.2) is 24.3 Å². The molecule has 2 aromatic heterocycles. The maximum atomic E-state index is 12.2. The molecule has 4 rings (SSSR count). The van der Waals surface area contributed by atoms with Gasteiger partial charge in [-0.1, -0.05) is 17.9 Å². The third-order valence-corrected chi connectivity index (χ3v) is 6.71. The van der Waals surface area contributed by atoms with Crippen LogP contribution in [0.25, 0.3) is 10.6 Å². The number of carbonyl (C=O) groups excluding carboxylic acids is 1. The summed E-state index contributed by atoms with van der Waals surface area (Å²) in [6, 6.07) is 3.71. The molecule has 0 radical (unpaired) electrons. The molecule has 1 amide bonds. The van der Waals surface area contributed by atoms with Crippen molar-refractivity contribution >= 4 is 46.7 Å². The van der Waals surface area contributed by atoms with Crippen LogP contribution >= 0.6 is 24.0 Å². The van der Waals surface area contributed by atoms with Crippen molar-refractivity contribution < 1.29 is 9.53 Å². The van der Waals surface area contributed by atoms with Gasteiger partial charge in [-0.2, -0.15) is 0 Å². The van der Waals surface area contributed by atoms with Crippen LogP contribution in [-0.2, 0) is 6.42 Å². The van der Waals surface area contributed by atoms with E-state index in [2.05, 4.69) is 29.5 Å². The number of hydrogen-bond donors (Lipinski definition) is 4. The first-order chi connectivity index (χ1) is 13.9. The summed E-state index contributed by atoms with van der Waals surface area (Å²) in [4.78, 5) is 18.3. The number of ether oxygens (including phenoxy) is 1. The summed E-state index contributed by atoms with van der Waals surface area (Å²) in [5, 5.41) is 11.2.